The zero-order valence-corrected chi connectivity index (χ0v) is 15.3. The molecule has 128 valence electrons. The number of halogens is 3. The van der Waals surface area contributed by atoms with E-state index in [1.165, 1.54) is 6.21 Å². The first-order valence-electron chi connectivity index (χ1n) is 7.05. The van der Waals surface area contributed by atoms with Gasteiger partial charge in [-0.15, -0.1) is 0 Å². The Balaban J connectivity index is 2.20. The van der Waals surface area contributed by atoms with Crippen LogP contribution in [0.1, 0.15) is 23.7 Å². The predicted octanol–water partition coefficient (Wildman–Crippen LogP) is 4.28. The lowest BCUT2D eigenvalue weighted by atomic mass is 10.2. The van der Waals surface area contributed by atoms with E-state index in [-0.39, 0.29) is 6.61 Å². The van der Waals surface area contributed by atoms with E-state index in [1.807, 2.05) is 0 Å². The molecule has 0 unspecified atom stereocenters. The number of hydrogen-bond acceptors (Lipinski definition) is 4. The Morgan fingerprint density at radius 2 is 2.04 bits per heavy atom. The largest absolute Gasteiger partial charge is 0.449 e. The van der Waals surface area contributed by atoms with Crippen molar-refractivity contribution in [3.05, 3.63) is 50.2 Å². The molecule has 2 aromatic rings. The number of nitrogens with zero attached hydrogens (tertiary/aromatic N) is 3. The molecule has 0 aliphatic rings. The monoisotopic (exact) mass is 388 g/mol. The Bertz CT molecular complexity index is 754. The molecule has 1 N–H and O–H groups in total. The van der Waals surface area contributed by atoms with E-state index >= 15 is 0 Å². The van der Waals surface area contributed by atoms with Gasteiger partial charge in [0, 0.05) is 15.6 Å². The molecule has 0 atom stereocenters. The smallest absolute Gasteiger partial charge is 0.427 e. The number of ether oxygens (including phenoxy) is 1. The normalized spacial score (nSPS) is 11.0. The van der Waals surface area contributed by atoms with Crippen LogP contribution in [0.2, 0.25) is 15.2 Å². The fraction of sp³-hybridized carbons (Fsp3) is 0.267. The van der Waals surface area contributed by atoms with Gasteiger partial charge in [-0.25, -0.2) is 14.9 Å². The molecule has 6 nitrogen and oxygen atoms in total. The van der Waals surface area contributed by atoms with Crippen molar-refractivity contribution >= 4 is 47.1 Å². The minimum absolute atomic E-state index is 0.262. The van der Waals surface area contributed by atoms with E-state index in [0.29, 0.717) is 33.0 Å². The van der Waals surface area contributed by atoms with Crippen molar-refractivity contribution in [1.29, 1.82) is 0 Å². The maximum Gasteiger partial charge on any atom is 0.427 e. The number of benzene rings is 1. The van der Waals surface area contributed by atoms with Gasteiger partial charge in [0.15, 0.2) is 0 Å². The van der Waals surface area contributed by atoms with Crippen LogP contribution in [0, 0.1) is 6.92 Å². The molecule has 0 radical (unpaired) electrons. The Hall–Kier alpha value is -1.76. The van der Waals surface area contributed by atoms with Crippen molar-refractivity contribution in [1.82, 2.24) is 15.2 Å². The number of carbonyl (C=O) groups is 1. The van der Waals surface area contributed by atoms with Crippen LogP contribution >= 0.6 is 34.8 Å². The Morgan fingerprint density at radius 1 is 1.38 bits per heavy atom. The van der Waals surface area contributed by atoms with E-state index in [0.717, 1.165) is 5.56 Å². The Morgan fingerprint density at radius 3 is 2.67 bits per heavy atom. The highest BCUT2D eigenvalue weighted by atomic mass is 35.5. The van der Waals surface area contributed by atoms with Crippen LogP contribution in [-0.2, 0) is 11.3 Å². The number of carbonyl (C=O) groups excluding carboxylic acids is 1. The lowest BCUT2D eigenvalue weighted by Crippen LogP contribution is -2.18. The van der Waals surface area contributed by atoms with Crippen LogP contribution in [0.25, 0.3) is 0 Å². The van der Waals surface area contributed by atoms with Gasteiger partial charge in [0.05, 0.1) is 30.6 Å². The molecular weight excluding hydrogens is 375 g/mol. The summed E-state index contributed by atoms with van der Waals surface area (Å²) in [4.78, 5) is 11.2. The number of aryl methyl sites for hydroxylation is 1. The van der Waals surface area contributed by atoms with E-state index in [2.05, 4.69) is 15.6 Å². The molecule has 1 aromatic heterocycles. The predicted molar refractivity (Wildman–Crippen MR) is 95.3 cm³/mol. The molecule has 0 saturated carbocycles. The summed E-state index contributed by atoms with van der Waals surface area (Å²) in [5.74, 6) is 0. The number of rotatable bonds is 5. The molecule has 0 aliphatic carbocycles. The second-order valence-electron chi connectivity index (χ2n) is 4.74. The van der Waals surface area contributed by atoms with Gasteiger partial charge in [-0.1, -0.05) is 40.9 Å². The van der Waals surface area contributed by atoms with Crippen LogP contribution in [0.3, 0.4) is 0 Å². The molecule has 0 aliphatic heterocycles. The third-order valence-electron chi connectivity index (χ3n) is 3.10. The number of nitrogens with one attached hydrogen (secondary N) is 1. The Kier molecular flexibility index (Phi) is 6.48. The lowest BCUT2D eigenvalue weighted by Gasteiger charge is -2.08. The minimum Gasteiger partial charge on any atom is -0.449 e. The summed E-state index contributed by atoms with van der Waals surface area (Å²) in [6.07, 6.45) is 0.768. The highest BCUT2D eigenvalue weighted by Gasteiger charge is 2.15. The molecule has 0 spiro atoms. The highest BCUT2D eigenvalue weighted by molar-refractivity contribution is 6.36. The van der Waals surface area contributed by atoms with Crippen LogP contribution < -0.4 is 5.43 Å². The van der Waals surface area contributed by atoms with E-state index in [1.54, 1.807) is 36.7 Å². The third-order valence-corrected chi connectivity index (χ3v) is 4.21. The number of amides is 1. The number of hydrazone groups is 1. The first-order chi connectivity index (χ1) is 11.4. The van der Waals surface area contributed by atoms with Crippen molar-refractivity contribution in [3.8, 4) is 0 Å². The maximum atomic E-state index is 11.2. The van der Waals surface area contributed by atoms with Gasteiger partial charge in [0.2, 0.25) is 0 Å². The Labute approximate surface area is 154 Å². The summed E-state index contributed by atoms with van der Waals surface area (Å²) in [7, 11) is 0. The number of aromatic nitrogens is 2. The molecule has 0 bridgehead atoms. The summed E-state index contributed by atoms with van der Waals surface area (Å²) in [5.41, 5.74) is 4.19. The summed E-state index contributed by atoms with van der Waals surface area (Å²) in [5, 5.41) is 9.58. The summed E-state index contributed by atoms with van der Waals surface area (Å²) >= 11 is 18.7. The lowest BCUT2D eigenvalue weighted by molar-refractivity contribution is 0.152. The van der Waals surface area contributed by atoms with Gasteiger partial charge in [-0.2, -0.15) is 10.2 Å². The molecule has 1 aromatic carbocycles. The van der Waals surface area contributed by atoms with Gasteiger partial charge in [0.1, 0.15) is 5.15 Å². The zero-order valence-electron chi connectivity index (χ0n) is 13.0. The quantitative estimate of drug-likeness (QED) is 0.613. The first-order valence-corrected chi connectivity index (χ1v) is 8.19. The molecule has 24 heavy (non-hydrogen) atoms. The van der Waals surface area contributed by atoms with Crippen LogP contribution in [-0.4, -0.2) is 28.7 Å². The fourth-order valence-corrected chi connectivity index (χ4v) is 2.76. The maximum absolute atomic E-state index is 11.2. The SMILES string of the molecule is CCOC(=O)NN=Cc1c(C)nn(Cc2c(Cl)cccc2Cl)c1Cl. The van der Waals surface area contributed by atoms with Crippen molar-refractivity contribution in [2.75, 3.05) is 6.61 Å². The minimum atomic E-state index is -0.641. The van der Waals surface area contributed by atoms with Crippen LogP contribution in [0.4, 0.5) is 4.79 Å². The topological polar surface area (TPSA) is 68.5 Å². The molecule has 1 heterocycles. The van der Waals surface area contributed by atoms with Crippen molar-refractivity contribution in [2.24, 2.45) is 5.10 Å². The number of hydrogen-bond donors (Lipinski definition) is 1. The first kappa shape index (κ1) is 18.6. The van der Waals surface area contributed by atoms with Gasteiger partial charge >= 0.3 is 6.09 Å². The molecule has 0 saturated heterocycles. The summed E-state index contributed by atoms with van der Waals surface area (Å²) < 4.78 is 6.27. The van der Waals surface area contributed by atoms with Gasteiger partial charge in [-0.3, -0.25) is 0 Å². The molecular formula is C15H15Cl3N4O2. The summed E-state index contributed by atoms with van der Waals surface area (Å²) in [6, 6.07) is 5.26. The fourth-order valence-electron chi connectivity index (χ4n) is 1.96. The average Bonchev–Trinajstić information content (AvgIpc) is 2.79. The third kappa shape index (κ3) is 4.41. The molecule has 2 rings (SSSR count). The second kappa shape index (κ2) is 8.37. The van der Waals surface area contributed by atoms with E-state index in [4.69, 9.17) is 39.5 Å². The zero-order chi connectivity index (χ0) is 17.7. The van der Waals surface area contributed by atoms with Gasteiger partial charge < -0.3 is 4.74 Å². The average molecular weight is 390 g/mol. The molecule has 1 amide bonds. The molecule has 9 heteroatoms. The van der Waals surface area contributed by atoms with Crippen LogP contribution in [0.15, 0.2) is 23.3 Å². The van der Waals surface area contributed by atoms with Crippen LogP contribution in [0.5, 0.6) is 0 Å². The molecule has 0 fully saturated rings. The van der Waals surface area contributed by atoms with E-state index < -0.39 is 6.09 Å². The standard InChI is InChI=1S/C15H15Cl3N4O2/c1-3-24-15(23)20-19-7-10-9(2)21-22(14(10)18)8-11-12(16)5-4-6-13(11)17/h4-7H,3,8H2,1-2H3,(H,20,23). The van der Waals surface area contributed by atoms with Crippen molar-refractivity contribution in [3.63, 3.8) is 0 Å². The van der Waals surface area contributed by atoms with Crippen molar-refractivity contribution in [2.45, 2.75) is 20.4 Å². The summed E-state index contributed by atoms with van der Waals surface area (Å²) in [6.45, 7) is 4.06. The van der Waals surface area contributed by atoms with Gasteiger partial charge in [0.25, 0.3) is 0 Å². The highest BCUT2D eigenvalue weighted by Crippen LogP contribution is 2.27. The van der Waals surface area contributed by atoms with Crippen molar-refractivity contribution < 1.29 is 9.53 Å². The second-order valence-corrected chi connectivity index (χ2v) is 5.91. The van der Waals surface area contributed by atoms with E-state index in [9.17, 15) is 4.79 Å². The van der Waals surface area contributed by atoms with Gasteiger partial charge in [-0.05, 0) is 26.0 Å².